The fourth-order valence-corrected chi connectivity index (χ4v) is 2.85. The fourth-order valence-electron chi connectivity index (χ4n) is 2.85. The van der Waals surface area contributed by atoms with Crippen LogP contribution in [0.3, 0.4) is 0 Å². The van der Waals surface area contributed by atoms with Gasteiger partial charge in [-0.05, 0) is 37.5 Å². The van der Waals surface area contributed by atoms with Crippen LogP contribution in [0, 0.1) is 18.8 Å². The molecule has 2 rings (SSSR count). The zero-order valence-corrected chi connectivity index (χ0v) is 13.6. The summed E-state index contributed by atoms with van der Waals surface area (Å²) in [6, 6.07) is 7.26. The number of rotatable bonds is 5. The van der Waals surface area contributed by atoms with E-state index in [1.54, 1.807) is 12.1 Å². The summed E-state index contributed by atoms with van der Waals surface area (Å²) in [6.07, 6.45) is 2.61. The number of hydrogen-bond acceptors (Lipinski definition) is 4. The molecule has 0 bridgehead atoms. The molecule has 1 aliphatic carbocycles. The molecular weight excluding hydrogens is 312 g/mol. The van der Waals surface area contributed by atoms with Gasteiger partial charge in [-0.15, -0.1) is 0 Å². The first-order chi connectivity index (χ1) is 11.5. The third-order valence-electron chi connectivity index (χ3n) is 4.10. The van der Waals surface area contributed by atoms with Crippen LogP contribution < -0.4 is 15.6 Å². The van der Waals surface area contributed by atoms with Crippen molar-refractivity contribution in [1.29, 1.82) is 0 Å². The first-order valence-electron chi connectivity index (χ1n) is 7.98. The first kappa shape index (κ1) is 17.8. The first-order valence-corrected chi connectivity index (χ1v) is 7.98. The summed E-state index contributed by atoms with van der Waals surface area (Å²) >= 11 is 0. The van der Waals surface area contributed by atoms with Crippen LogP contribution in [0.25, 0.3) is 0 Å². The lowest BCUT2D eigenvalue weighted by Crippen LogP contribution is -2.49. The van der Waals surface area contributed by atoms with Crippen LogP contribution in [0.5, 0.6) is 5.75 Å². The molecule has 0 saturated heterocycles. The highest BCUT2D eigenvalue weighted by atomic mass is 16.5. The lowest BCUT2D eigenvalue weighted by molar-refractivity contribution is -0.149. The van der Waals surface area contributed by atoms with Gasteiger partial charge in [0, 0.05) is 0 Å². The van der Waals surface area contributed by atoms with Crippen molar-refractivity contribution in [2.75, 3.05) is 6.61 Å². The van der Waals surface area contributed by atoms with Crippen molar-refractivity contribution in [2.45, 2.75) is 32.6 Å². The summed E-state index contributed by atoms with van der Waals surface area (Å²) in [4.78, 5) is 35.0. The van der Waals surface area contributed by atoms with Gasteiger partial charge in [-0.2, -0.15) is 0 Å². The Labute approximate surface area is 140 Å². The van der Waals surface area contributed by atoms with Crippen LogP contribution in [0.15, 0.2) is 24.3 Å². The summed E-state index contributed by atoms with van der Waals surface area (Å²) in [5.41, 5.74) is 5.58. The Kier molecular flexibility index (Phi) is 6.17. The number of amides is 2. The van der Waals surface area contributed by atoms with Crippen LogP contribution in [-0.2, 0) is 14.4 Å². The Bertz CT molecular complexity index is 617. The number of carboxylic acid groups (broad SMARTS) is 1. The topological polar surface area (TPSA) is 105 Å². The number of carbonyl (C=O) groups is 3. The SMILES string of the molecule is Cc1cccc(OCC(=O)NNC(=O)[C@H]2CCCC[C@H]2C(=O)O)c1. The van der Waals surface area contributed by atoms with E-state index in [1.807, 2.05) is 19.1 Å². The van der Waals surface area contributed by atoms with E-state index in [1.165, 1.54) is 0 Å². The van der Waals surface area contributed by atoms with Crippen molar-refractivity contribution >= 4 is 17.8 Å². The summed E-state index contributed by atoms with van der Waals surface area (Å²) in [5.74, 6) is -2.69. The molecule has 0 unspecified atom stereocenters. The van der Waals surface area contributed by atoms with Crippen LogP contribution in [0.2, 0.25) is 0 Å². The Hall–Kier alpha value is -2.57. The molecule has 2 amide bonds. The van der Waals surface area contributed by atoms with Gasteiger partial charge in [-0.25, -0.2) is 0 Å². The number of nitrogens with one attached hydrogen (secondary N) is 2. The molecule has 0 aliphatic heterocycles. The molecule has 7 nitrogen and oxygen atoms in total. The molecule has 2 atom stereocenters. The number of carboxylic acids is 1. The fraction of sp³-hybridized carbons (Fsp3) is 0.471. The predicted octanol–water partition coefficient (Wildman–Crippen LogP) is 1.41. The highest BCUT2D eigenvalue weighted by Gasteiger charge is 2.35. The zero-order chi connectivity index (χ0) is 17.5. The number of carbonyl (C=O) groups excluding carboxylic acids is 2. The van der Waals surface area contributed by atoms with E-state index in [2.05, 4.69) is 10.9 Å². The minimum absolute atomic E-state index is 0.239. The van der Waals surface area contributed by atoms with Crippen LogP contribution in [0.4, 0.5) is 0 Å². The van der Waals surface area contributed by atoms with Crippen molar-refractivity contribution in [3.05, 3.63) is 29.8 Å². The molecule has 0 heterocycles. The van der Waals surface area contributed by atoms with Crippen LogP contribution >= 0.6 is 0 Å². The molecule has 1 saturated carbocycles. The van der Waals surface area contributed by atoms with E-state index in [0.717, 1.165) is 18.4 Å². The highest BCUT2D eigenvalue weighted by molar-refractivity contribution is 5.87. The van der Waals surface area contributed by atoms with Gasteiger partial charge in [0.25, 0.3) is 5.91 Å². The van der Waals surface area contributed by atoms with Crippen molar-refractivity contribution in [3.63, 3.8) is 0 Å². The molecule has 7 heteroatoms. The van der Waals surface area contributed by atoms with E-state index in [9.17, 15) is 19.5 Å². The van der Waals surface area contributed by atoms with Crippen molar-refractivity contribution in [2.24, 2.45) is 11.8 Å². The maximum Gasteiger partial charge on any atom is 0.307 e. The second kappa shape index (κ2) is 8.33. The second-order valence-electron chi connectivity index (χ2n) is 5.98. The van der Waals surface area contributed by atoms with Gasteiger partial charge in [0.15, 0.2) is 6.61 Å². The molecule has 0 radical (unpaired) electrons. The zero-order valence-electron chi connectivity index (χ0n) is 13.6. The van der Waals surface area contributed by atoms with Gasteiger partial charge in [0.2, 0.25) is 5.91 Å². The van der Waals surface area contributed by atoms with Gasteiger partial charge < -0.3 is 9.84 Å². The van der Waals surface area contributed by atoms with Crippen molar-refractivity contribution in [3.8, 4) is 5.75 Å². The summed E-state index contributed by atoms with van der Waals surface area (Å²) < 4.78 is 5.33. The standard InChI is InChI=1S/C17H22N2O5/c1-11-5-4-6-12(9-11)24-10-15(20)18-19-16(21)13-7-2-3-8-14(13)17(22)23/h4-6,9,13-14H,2-3,7-8,10H2,1H3,(H,18,20)(H,19,21)(H,22,23)/t13-,14+/m0/s1. The number of ether oxygens (including phenoxy) is 1. The van der Waals surface area contributed by atoms with Gasteiger partial charge in [0.1, 0.15) is 5.75 Å². The number of aryl methyl sites for hydroxylation is 1. The van der Waals surface area contributed by atoms with Gasteiger partial charge in [0.05, 0.1) is 11.8 Å². The van der Waals surface area contributed by atoms with Gasteiger partial charge in [-0.1, -0.05) is 25.0 Å². The minimum Gasteiger partial charge on any atom is -0.484 e. The normalized spacial score (nSPS) is 20.0. The summed E-state index contributed by atoms with van der Waals surface area (Å²) in [5, 5.41) is 9.18. The number of hydrogen-bond donors (Lipinski definition) is 3. The number of hydrazine groups is 1. The van der Waals surface area contributed by atoms with E-state index in [4.69, 9.17) is 4.74 Å². The predicted molar refractivity (Wildman–Crippen MR) is 86.0 cm³/mol. The molecule has 0 spiro atoms. The van der Waals surface area contributed by atoms with E-state index in [-0.39, 0.29) is 6.61 Å². The quantitative estimate of drug-likeness (QED) is 0.706. The van der Waals surface area contributed by atoms with Crippen molar-refractivity contribution < 1.29 is 24.2 Å². The molecule has 1 fully saturated rings. The third kappa shape index (κ3) is 4.97. The molecular formula is C17H22N2O5. The average Bonchev–Trinajstić information content (AvgIpc) is 2.58. The lowest BCUT2D eigenvalue weighted by Gasteiger charge is -2.27. The Morgan fingerprint density at radius 1 is 1.17 bits per heavy atom. The molecule has 130 valence electrons. The molecule has 0 aromatic heterocycles. The minimum atomic E-state index is -0.969. The average molecular weight is 334 g/mol. The smallest absolute Gasteiger partial charge is 0.307 e. The number of aliphatic carboxylic acids is 1. The number of benzene rings is 1. The van der Waals surface area contributed by atoms with E-state index >= 15 is 0 Å². The molecule has 24 heavy (non-hydrogen) atoms. The van der Waals surface area contributed by atoms with Gasteiger partial charge >= 0.3 is 5.97 Å². The van der Waals surface area contributed by atoms with Gasteiger partial charge in [-0.3, -0.25) is 25.2 Å². The Balaban J connectivity index is 1.78. The highest BCUT2D eigenvalue weighted by Crippen LogP contribution is 2.30. The maximum atomic E-state index is 12.1. The molecule has 1 aromatic carbocycles. The summed E-state index contributed by atoms with van der Waals surface area (Å²) in [6.45, 7) is 1.67. The molecule has 1 aliphatic rings. The Morgan fingerprint density at radius 2 is 1.88 bits per heavy atom. The monoisotopic (exact) mass is 334 g/mol. The third-order valence-corrected chi connectivity index (χ3v) is 4.10. The summed E-state index contributed by atoms with van der Waals surface area (Å²) in [7, 11) is 0. The lowest BCUT2D eigenvalue weighted by atomic mass is 9.79. The molecule has 1 aromatic rings. The largest absolute Gasteiger partial charge is 0.484 e. The van der Waals surface area contributed by atoms with E-state index < -0.39 is 29.6 Å². The Morgan fingerprint density at radius 3 is 2.54 bits per heavy atom. The van der Waals surface area contributed by atoms with Crippen molar-refractivity contribution in [1.82, 2.24) is 10.9 Å². The maximum absolute atomic E-state index is 12.1. The second-order valence-corrected chi connectivity index (χ2v) is 5.98. The van der Waals surface area contributed by atoms with Crippen LogP contribution in [-0.4, -0.2) is 29.5 Å². The van der Waals surface area contributed by atoms with E-state index in [0.29, 0.717) is 18.6 Å². The van der Waals surface area contributed by atoms with Crippen LogP contribution in [0.1, 0.15) is 31.2 Å². The molecule has 3 N–H and O–H groups in total.